The van der Waals surface area contributed by atoms with Crippen LogP contribution in [0.3, 0.4) is 0 Å². The van der Waals surface area contributed by atoms with Crippen LogP contribution in [0.2, 0.25) is 0 Å². The van der Waals surface area contributed by atoms with Crippen molar-refractivity contribution in [3.05, 3.63) is 34.2 Å². The van der Waals surface area contributed by atoms with Gasteiger partial charge in [-0.2, -0.15) is 0 Å². The third kappa shape index (κ3) is 5.91. The first kappa shape index (κ1) is 23.6. The Bertz CT molecular complexity index is 873. The van der Waals surface area contributed by atoms with E-state index in [1.165, 1.54) is 23.5 Å². The zero-order valence-electron chi connectivity index (χ0n) is 16.4. The highest BCUT2D eigenvalue weighted by molar-refractivity contribution is 9.10. The van der Waals surface area contributed by atoms with Crippen molar-refractivity contribution in [3.8, 4) is 0 Å². The van der Waals surface area contributed by atoms with Crippen LogP contribution in [-0.4, -0.2) is 73.3 Å². The van der Waals surface area contributed by atoms with Crippen molar-refractivity contribution in [1.82, 2.24) is 19.2 Å². The normalized spacial score (nSPS) is 11.1. The summed E-state index contributed by atoms with van der Waals surface area (Å²) in [5.41, 5.74) is 2.11. The molecule has 2 rings (SSSR count). The fourth-order valence-electron chi connectivity index (χ4n) is 2.43. The number of fused-ring (bicyclic) bond motifs is 1. The molecule has 10 heteroatoms. The van der Waals surface area contributed by atoms with Gasteiger partial charge in [-0.15, -0.1) is 0 Å². The second-order valence-corrected chi connectivity index (χ2v) is 10.8. The van der Waals surface area contributed by atoms with Gasteiger partial charge in [0.2, 0.25) is 0 Å². The minimum Gasteiger partial charge on any atom is -0.364 e. The molecule has 0 spiro atoms. The number of hydrogen-bond acceptors (Lipinski definition) is 6. The molecule has 0 aromatic carbocycles. The molecule has 0 bridgehead atoms. The Morgan fingerprint density at radius 1 is 1.14 bits per heavy atom. The average Bonchev–Trinajstić information content (AvgIpc) is 2.95. The molecule has 28 heavy (non-hydrogen) atoms. The summed E-state index contributed by atoms with van der Waals surface area (Å²) in [6, 6.07) is 3.82. The first-order chi connectivity index (χ1) is 13.1. The lowest BCUT2D eigenvalue weighted by Crippen LogP contribution is -2.26. The van der Waals surface area contributed by atoms with Gasteiger partial charge in [-0.3, -0.25) is 9.20 Å². The van der Waals surface area contributed by atoms with E-state index < -0.39 is 0 Å². The zero-order chi connectivity index (χ0) is 21.0. The number of thioether (sulfide) groups is 2. The van der Waals surface area contributed by atoms with Crippen LogP contribution in [0.4, 0.5) is 0 Å². The van der Waals surface area contributed by atoms with Gasteiger partial charge in [0.1, 0.15) is 20.0 Å². The van der Waals surface area contributed by atoms with Gasteiger partial charge >= 0.3 is 0 Å². The highest BCUT2D eigenvalue weighted by Gasteiger charge is 2.27. The number of pyridine rings is 1. The molecule has 0 unspecified atom stereocenters. The first-order valence-electron chi connectivity index (χ1n) is 8.48. The van der Waals surface area contributed by atoms with E-state index >= 15 is 0 Å². The van der Waals surface area contributed by atoms with Crippen LogP contribution >= 0.6 is 63.9 Å². The molecule has 0 fully saturated rings. The number of halogens is 1. The Hall–Kier alpha value is -0.680. The predicted octanol–water partition coefficient (Wildman–Crippen LogP) is 4.36. The molecule has 0 saturated heterocycles. The number of imidazole rings is 1. The van der Waals surface area contributed by atoms with Gasteiger partial charge in [-0.05, 0) is 35.0 Å². The van der Waals surface area contributed by atoms with Crippen LogP contribution in [0.1, 0.15) is 16.2 Å². The van der Waals surface area contributed by atoms with E-state index in [9.17, 15) is 4.79 Å². The largest absolute Gasteiger partial charge is 0.364 e. The van der Waals surface area contributed by atoms with Gasteiger partial charge in [-0.25, -0.2) is 4.98 Å². The third-order valence-corrected chi connectivity index (χ3v) is 8.18. The lowest BCUT2D eigenvalue weighted by Gasteiger charge is -2.20. The molecule has 0 aliphatic carbocycles. The van der Waals surface area contributed by atoms with E-state index in [4.69, 9.17) is 24.4 Å². The van der Waals surface area contributed by atoms with E-state index in [1.54, 1.807) is 0 Å². The Morgan fingerprint density at radius 3 is 2.18 bits per heavy atom. The third-order valence-electron chi connectivity index (χ3n) is 3.91. The SMILES string of the molecule is Cc1nc2ccc(Br)cn2c1C(=O)C(CSC(=S)N(C)C)CSC(=S)N(C)C. The fourth-order valence-corrected chi connectivity index (χ4v) is 5.06. The molecule has 0 atom stereocenters. The molecule has 0 aliphatic rings. The Balaban J connectivity index is 2.31. The fraction of sp³-hybridized carbons (Fsp3) is 0.444. The number of aromatic nitrogens is 2. The van der Waals surface area contributed by atoms with Crippen LogP contribution in [0, 0.1) is 12.8 Å². The number of carbonyl (C=O) groups is 1. The van der Waals surface area contributed by atoms with Gasteiger partial charge in [-0.1, -0.05) is 48.0 Å². The molecular weight excluding hydrogens is 496 g/mol. The smallest absolute Gasteiger partial charge is 0.186 e. The number of thiocarbonyl (C=S) groups is 2. The van der Waals surface area contributed by atoms with Gasteiger partial charge in [0.25, 0.3) is 0 Å². The van der Waals surface area contributed by atoms with Gasteiger partial charge in [0, 0.05) is 56.3 Å². The number of ketones is 1. The lowest BCUT2D eigenvalue weighted by atomic mass is 10.0. The second-order valence-electron chi connectivity index (χ2n) is 6.63. The maximum absolute atomic E-state index is 13.5. The summed E-state index contributed by atoms with van der Waals surface area (Å²) in [7, 11) is 7.64. The van der Waals surface area contributed by atoms with E-state index in [0.29, 0.717) is 17.2 Å². The molecule has 0 aliphatic heterocycles. The lowest BCUT2D eigenvalue weighted by molar-refractivity contribution is 0.0938. The van der Waals surface area contributed by atoms with E-state index in [2.05, 4.69) is 20.9 Å². The Morgan fingerprint density at radius 2 is 1.68 bits per heavy atom. The second kappa shape index (κ2) is 10.4. The summed E-state index contributed by atoms with van der Waals surface area (Å²) in [5.74, 6) is 1.02. The number of aryl methyl sites for hydroxylation is 1. The predicted molar refractivity (Wildman–Crippen MR) is 133 cm³/mol. The quantitative estimate of drug-likeness (QED) is 0.412. The number of rotatable bonds is 6. The highest BCUT2D eigenvalue weighted by atomic mass is 79.9. The standard InChI is InChI=1S/C18H23BrN4OS4/c1-11-15(23-8-13(19)6-7-14(23)20-11)16(24)12(9-27-17(25)21(2)3)10-28-18(26)22(4)5/h6-8,12H,9-10H2,1-5H3. The number of Topliss-reactive ketones (excluding diaryl/α,β-unsaturated/α-hetero) is 1. The van der Waals surface area contributed by atoms with Crippen molar-refractivity contribution < 1.29 is 4.79 Å². The minimum atomic E-state index is -0.233. The zero-order valence-corrected chi connectivity index (χ0v) is 21.3. The molecule has 5 nitrogen and oxygen atoms in total. The van der Waals surface area contributed by atoms with Crippen molar-refractivity contribution in [2.45, 2.75) is 6.92 Å². The van der Waals surface area contributed by atoms with Crippen molar-refractivity contribution in [2.75, 3.05) is 39.7 Å². The number of nitrogens with zero attached hydrogens (tertiary/aromatic N) is 4. The number of hydrogen-bond donors (Lipinski definition) is 0. The molecule has 152 valence electrons. The van der Waals surface area contributed by atoms with Crippen LogP contribution < -0.4 is 0 Å². The van der Waals surface area contributed by atoms with Crippen LogP contribution in [0.15, 0.2) is 22.8 Å². The summed E-state index contributed by atoms with van der Waals surface area (Å²) in [5, 5.41) is 0. The molecular formula is C18H23BrN4OS4. The molecule has 2 heterocycles. The van der Waals surface area contributed by atoms with Gasteiger partial charge in [0.05, 0.1) is 5.69 Å². The van der Waals surface area contributed by atoms with E-state index in [0.717, 1.165) is 24.5 Å². The summed E-state index contributed by atoms with van der Waals surface area (Å²) >= 11 is 17.3. The summed E-state index contributed by atoms with van der Waals surface area (Å²) in [4.78, 5) is 21.8. The minimum absolute atomic E-state index is 0.0613. The molecule has 2 aromatic heterocycles. The monoisotopic (exact) mass is 518 g/mol. The summed E-state index contributed by atoms with van der Waals surface area (Å²) < 4.78 is 4.28. The molecule has 0 amide bonds. The maximum atomic E-state index is 13.5. The first-order valence-corrected chi connectivity index (χ1v) is 12.1. The van der Waals surface area contributed by atoms with Crippen molar-refractivity contribution >= 4 is 84.0 Å². The van der Waals surface area contributed by atoms with Crippen molar-refractivity contribution in [1.29, 1.82) is 0 Å². The van der Waals surface area contributed by atoms with Crippen LogP contribution in [0.25, 0.3) is 5.65 Å². The molecule has 0 N–H and O–H groups in total. The molecule has 0 radical (unpaired) electrons. The van der Waals surface area contributed by atoms with Crippen LogP contribution in [0.5, 0.6) is 0 Å². The maximum Gasteiger partial charge on any atom is 0.186 e. The highest BCUT2D eigenvalue weighted by Crippen LogP contribution is 2.25. The van der Waals surface area contributed by atoms with Crippen molar-refractivity contribution in [2.24, 2.45) is 5.92 Å². The Kier molecular flexibility index (Phi) is 8.75. The topological polar surface area (TPSA) is 40.9 Å². The number of carbonyl (C=O) groups excluding carboxylic acids is 1. The van der Waals surface area contributed by atoms with E-state index in [1.807, 2.05) is 67.6 Å². The molecule has 2 aromatic rings. The molecule has 0 saturated carbocycles. The van der Waals surface area contributed by atoms with Gasteiger partial charge < -0.3 is 9.80 Å². The summed E-state index contributed by atoms with van der Waals surface area (Å²) in [6.45, 7) is 1.88. The average molecular weight is 520 g/mol. The van der Waals surface area contributed by atoms with Crippen molar-refractivity contribution in [3.63, 3.8) is 0 Å². The Labute approximate surface area is 193 Å². The van der Waals surface area contributed by atoms with E-state index in [-0.39, 0.29) is 11.7 Å². The summed E-state index contributed by atoms with van der Waals surface area (Å²) in [6.07, 6.45) is 1.88. The van der Waals surface area contributed by atoms with Gasteiger partial charge in [0.15, 0.2) is 5.78 Å². The van der Waals surface area contributed by atoms with Crippen LogP contribution in [-0.2, 0) is 0 Å².